The second-order valence-electron chi connectivity index (χ2n) is 4.70. The second-order valence-corrected chi connectivity index (χ2v) is 4.70. The average molecular weight is 285 g/mol. The Hall–Kier alpha value is -2.69. The molecule has 21 heavy (non-hydrogen) atoms. The highest BCUT2D eigenvalue weighted by atomic mass is 16.6. The molecule has 0 aromatic heterocycles. The van der Waals surface area contributed by atoms with Gasteiger partial charge in [0.25, 0.3) is 0 Å². The summed E-state index contributed by atoms with van der Waals surface area (Å²) in [6.07, 6.45) is 0.180. The lowest BCUT2D eigenvalue weighted by molar-refractivity contribution is -0.385. The van der Waals surface area contributed by atoms with Crippen LogP contribution < -0.4 is 4.74 Å². The predicted octanol–water partition coefficient (Wildman–Crippen LogP) is 3.34. The number of para-hydroxylation sites is 1. The Kier molecular flexibility index (Phi) is 4.33. The zero-order valence-corrected chi connectivity index (χ0v) is 11.8. The molecule has 0 atom stereocenters. The van der Waals surface area contributed by atoms with Crippen molar-refractivity contribution in [2.45, 2.75) is 13.3 Å². The van der Waals surface area contributed by atoms with Crippen LogP contribution in [0, 0.1) is 17.0 Å². The summed E-state index contributed by atoms with van der Waals surface area (Å²) in [6, 6.07) is 12.0. The fourth-order valence-corrected chi connectivity index (χ4v) is 2.21. The minimum atomic E-state index is -0.553. The highest BCUT2D eigenvalue weighted by molar-refractivity contribution is 6.01. The molecule has 108 valence electrons. The molecule has 0 aliphatic heterocycles. The van der Waals surface area contributed by atoms with Gasteiger partial charge in [0.1, 0.15) is 0 Å². The molecule has 2 aromatic carbocycles. The van der Waals surface area contributed by atoms with Crippen LogP contribution in [0.15, 0.2) is 42.5 Å². The third-order valence-corrected chi connectivity index (χ3v) is 3.14. The van der Waals surface area contributed by atoms with Crippen LogP contribution in [0.4, 0.5) is 5.69 Å². The highest BCUT2D eigenvalue weighted by Gasteiger charge is 2.22. The number of ketones is 1. The van der Waals surface area contributed by atoms with E-state index in [0.29, 0.717) is 0 Å². The van der Waals surface area contributed by atoms with Gasteiger partial charge in [0, 0.05) is 12.5 Å². The quantitative estimate of drug-likeness (QED) is 0.480. The number of ether oxygens (including phenoxy) is 1. The molecule has 0 unspecified atom stereocenters. The van der Waals surface area contributed by atoms with Gasteiger partial charge >= 0.3 is 5.69 Å². The molecule has 0 fully saturated rings. The summed E-state index contributed by atoms with van der Waals surface area (Å²) >= 11 is 0. The van der Waals surface area contributed by atoms with Gasteiger partial charge in [0.05, 0.1) is 17.6 Å². The van der Waals surface area contributed by atoms with Gasteiger partial charge in [-0.05, 0) is 18.6 Å². The van der Waals surface area contributed by atoms with Crippen LogP contribution in [-0.4, -0.2) is 17.8 Å². The Morgan fingerprint density at radius 3 is 2.57 bits per heavy atom. The monoisotopic (exact) mass is 285 g/mol. The van der Waals surface area contributed by atoms with E-state index in [4.69, 9.17) is 4.74 Å². The molecule has 0 saturated heterocycles. The minimum Gasteiger partial charge on any atom is -0.490 e. The number of nitro groups is 1. The van der Waals surface area contributed by atoms with Crippen molar-refractivity contribution >= 4 is 11.5 Å². The van der Waals surface area contributed by atoms with E-state index in [9.17, 15) is 14.9 Å². The smallest absolute Gasteiger partial charge is 0.311 e. The van der Waals surface area contributed by atoms with Gasteiger partial charge in [-0.1, -0.05) is 35.9 Å². The van der Waals surface area contributed by atoms with Crippen molar-refractivity contribution < 1.29 is 14.5 Å². The zero-order valence-electron chi connectivity index (χ0n) is 11.8. The normalized spacial score (nSPS) is 10.2. The van der Waals surface area contributed by atoms with E-state index >= 15 is 0 Å². The molecular formula is C16H15NO4. The van der Waals surface area contributed by atoms with Crippen LogP contribution in [0.1, 0.15) is 21.5 Å². The number of carbonyl (C=O) groups is 1. The molecule has 0 amide bonds. The first kappa shape index (κ1) is 14.7. The first-order valence-electron chi connectivity index (χ1n) is 6.43. The Morgan fingerprint density at radius 2 is 1.95 bits per heavy atom. The Labute approximate surface area is 122 Å². The van der Waals surface area contributed by atoms with Crippen LogP contribution in [0.25, 0.3) is 0 Å². The largest absolute Gasteiger partial charge is 0.490 e. The molecule has 0 spiro atoms. The van der Waals surface area contributed by atoms with E-state index in [1.807, 2.05) is 31.2 Å². The van der Waals surface area contributed by atoms with E-state index < -0.39 is 4.92 Å². The maximum absolute atomic E-state index is 12.4. The molecule has 0 aliphatic rings. The number of benzene rings is 2. The molecule has 2 rings (SSSR count). The summed E-state index contributed by atoms with van der Waals surface area (Å²) < 4.78 is 5.06. The molecule has 5 heteroatoms. The van der Waals surface area contributed by atoms with Crippen LogP contribution in [-0.2, 0) is 6.42 Å². The van der Waals surface area contributed by atoms with E-state index in [1.165, 1.54) is 19.2 Å². The van der Waals surface area contributed by atoms with Crippen molar-refractivity contribution in [1.29, 1.82) is 0 Å². The summed E-state index contributed by atoms with van der Waals surface area (Å²) in [5.74, 6) is -0.193. The average Bonchev–Trinajstić information content (AvgIpc) is 2.46. The second kappa shape index (κ2) is 6.17. The number of nitro benzene ring substituents is 1. The Morgan fingerprint density at radius 1 is 1.24 bits per heavy atom. The van der Waals surface area contributed by atoms with Crippen LogP contribution in [0.5, 0.6) is 5.75 Å². The van der Waals surface area contributed by atoms with Gasteiger partial charge in [-0.25, -0.2) is 0 Å². The van der Waals surface area contributed by atoms with Gasteiger partial charge < -0.3 is 4.74 Å². The predicted molar refractivity (Wildman–Crippen MR) is 78.9 cm³/mol. The van der Waals surface area contributed by atoms with Crippen molar-refractivity contribution in [2.24, 2.45) is 0 Å². The molecule has 0 N–H and O–H groups in total. The summed E-state index contributed by atoms with van der Waals surface area (Å²) in [4.78, 5) is 22.8. The van der Waals surface area contributed by atoms with Crippen LogP contribution >= 0.6 is 0 Å². The number of rotatable bonds is 5. The molecule has 0 aliphatic carbocycles. The van der Waals surface area contributed by atoms with Crippen molar-refractivity contribution in [2.75, 3.05) is 7.11 Å². The topological polar surface area (TPSA) is 69.4 Å². The lowest BCUT2D eigenvalue weighted by Crippen LogP contribution is -2.07. The maximum atomic E-state index is 12.4. The molecule has 0 heterocycles. The Balaban J connectivity index is 2.35. The third kappa shape index (κ3) is 3.25. The SMILES string of the molecule is COc1c(C(=O)Cc2cccc(C)c2)cccc1[N+](=O)[O-]. The first-order valence-corrected chi connectivity index (χ1v) is 6.43. The molecule has 0 radical (unpaired) electrons. The van der Waals surface area contributed by atoms with Crippen molar-refractivity contribution in [3.8, 4) is 5.75 Å². The van der Waals surface area contributed by atoms with Gasteiger partial charge in [-0.2, -0.15) is 0 Å². The fourth-order valence-electron chi connectivity index (χ4n) is 2.21. The molecule has 5 nitrogen and oxygen atoms in total. The molecule has 2 aromatic rings. The van der Waals surface area contributed by atoms with E-state index in [2.05, 4.69) is 0 Å². The maximum Gasteiger partial charge on any atom is 0.311 e. The number of carbonyl (C=O) groups excluding carboxylic acids is 1. The molecular weight excluding hydrogens is 270 g/mol. The third-order valence-electron chi connectivity index (χ3n) is 3.14. The Bertz CT molecular complexity index is 694. The zero-order chi connectivity index (χ0) is 15.4. The van der Waals surface area contributed by atoms with E-state index in [1.54, 1.807) is 6.07 Å². The number of aryl methyl sites for hydroxylation is 1. The minimum absolute atomic E-state index is 0.0140. The molecule has 0 saturated carbocycles. The van der Waals surface area contributed by atoms with Crippen LogP contribution in [0.2, 0.25) is 0 Å². The first-order chi connectivity index (χ1) is 10.0. The van der Waals surface area contributed by atoms with Crippen molar-refractivity contribution in [3.63, 3.8) is 0 Å². The van der Waals surface area contributed by atoms with Crippen molar-refractivity contribution in [1.82, 2.24) is 0 Å². The summed E-state index contributed by atoms with van der Waals surface area (Å²) in [5, 5.41) is 11.0. The number of Topliss-reactive ketones (excluding diaryl/α,β-unsaturated/α-hetero) is 1. The van der Waals surface area contributed by atoms with Gasteiger partial charge in [0.15, 0.2) is 5.78 Å². The lowest BCUT2D eigenvalue weighted by atomic mass is 10.0. The standard InChI is InChI=1S/C16H15NO4/c1-11-5-3-6-12(9-11)10-15(18)13-7-4-8-14(17(19)20)16(13)21-2/h3-9H,10H2,1-2H3. The number of hydrogen-bond donors (Lipinski definition) is 0. The van der Waals surface area contributed by atoms with E-state index in [0.717, 1.165) is 11.1 Å². The van der Waals surface area contributed by atoms with Gasteiger partial charge in [-0.15, -0.1) is 0 Å². The summed E-state index contributed by atoms with van der Waals surface area (Å²) in [6.45, 7) is 1.95. The number of hydrogen-bond acceptors (Lipinski definition) is 4. The van der Waals surface area contributed by atoms with Gasteiger partial charge in [-0.3, -0.25) is 14.9 Å². The fraction of sp³-hybridized carbons (Fsp3) is 0.188. The number of methoxy groups -OCH3 is 1. The van der Waals surface area contributed by atoms with Crippen LogP contribution in [0.3, 0.4) is 0 Å². The van der Waals surface area contributed by atoms with E-state index in [-0.39, 0.29) is 29.2 Å². The number of nitrogens with zero attached hydrogens (tertiary/aromatic N) is 1. The summed E-state index contributed by atoms with van der Waals surface area (Å²) in [5.41, 5.74) is 1.96. The lowest BCUT2D eigenvalue weighted by Gasteiger charge is -2.08. The highest BCUT2D eigenvalue weighted by Crippen LogP contribution is 2.31. The summed E-state index contributed by atoms with van der Waals surface area (Å²) in [7, 11) is 1.33. The van der Waals surface area contributed by atoms with Gasteiger partial charge in [0.2, 0.25) is 5.75 Å². The molecule has 0 bridgehead atoms. The van der Waals surface area contributed by atoms with Crippen molar-refractivity contribution in [3.05, 3.63) is 69.3 Å².